The second-order valence-corrected chi connectivity index (χ2v) is 6.78. The average molecular weight is 382 g/mol. The van der Waals surface area contributed by atoms with Gasteiger partial charge in [-0.1, -0.05) is 30.3 Å². The van der Waals surface area contributed by atoms with Crippen molar-refractivity contribution in [2.45, 2.75) is 19.9 Å². The first kappa shape index (κ1) is 19.7. The third-order valence-electron chi connectivity index (χ3n) is 5.06. The van der Waals surface area contributed by atoms with Crippen molar-refractivity contribution in [3.63, 3.8) is 0 Å². The molecule has 0 aromatic heterocycles. The van der Waals surface area contributed by atoms with E-state index in [0.717, 1.165) is 5.56 Å². The number of benzene rings is 2. The summed E-state index contributed by atoms with van der Waals surface area (Å²) >= 11 is 0. The quantitative estimate of drug-likeness (QED) is 0.738. The fraction of sp³-hybridized carbons (Fsp3) is 0.364. The summed E-state index contributed by atoms with van der Waals surface area (Å²) in [7, 11) is 3.14. The Balaban J connectivity index is 1.75. The molecule has 0 spiro atoms. The Morgan fingerprint density at radius 1 is 1.14 bits per heavy atom. The third-order valence-corrected chi connectivity index (χ3v) is 5.06. The van der Waals surface area contributed by atoms with Crippen molar-refractivity contribution in [1.29, 1.82) is 0 Å². The normalized spacial score (nSPS) is 16.2. The second-order valence-electron chi connectivity index (χ2n) is 6.78. The van der Waals surface area contributed by atoms with Crippen LogP contribution < -0.4 is 14.4 Å². The zero-order valence-electron chi connectivity index (χ0n) is 16.6. The van der Waals surface area contributed by atoms with Gasteiger partial charge in [0.15, 0.2) is 0 Å². The van der Waals surface area contributed by atoms with E-state index >= 15 is 0 Å². The van der Waals surface area contributed by atoms with Crippen LogP contribution in [0, 0.1) is 5.92 Å². The fourth-order valence-electron chi connectivity index (χ4n) is 3.52. The van der Waals surface area contributed by atoms with Crippen LogP contribution in [-0.4, -0.2) is 44.0 Å². The molecular formula is C22H26N2O4. The number of amides is 2. The predicted molar refractivity (Wildman–Crippen MR) is 108 cm³/mol. The zero-order valence-corrected chi connectivity index (χ0v) is 16.6. The first-order valence-corrected chi connectivity index (χ1v) is 9.42. The molecule has 1 saturated heterocycles. The first-order valence-electron chi connectivity index (χ1n) is 9.42. The van der Waals surface area contributed by atoms with Gasteiger partial charge in [0, 0.05) is 32.1 Å². The van der Waals surface area contributed by atoms with E-state index in [-0.39, 0.29) is 24.2 Å². The van der Waals surface area contributed by atoms with Crippen LogP contribution in [0.1, 0.15) is 18.9 Å². The lowest BCUT2D eigenvalue weighted by Crippen LogP contribution is -2.37. The molecule has 0 aliphatic carbocycles. The van der Waals surface area contributed by atoms with Crippen LogP contribution in [0.3, 0.4) is 0 Å². The Kier molecular flexibility index (Phi) is 6.19. The molecule has 2 aromatic carbocycles. The molecule has 0 radical (unpaired) electrons. The van der Waals surface area contributed by atoms with E-state index in [0.29, 0.717) is 36.8 Å². The van der Waals surface area contributed by atoms with Gasteiger partial charge >= 0.3 is 0 Å². The van der Waals surface area contributed by atoms with Gasteiger partial charge in [0.1, 0.15) is 11.5 Å². The number of nitrogens with zero attached hydrogens (tertiary/aromatic N) is 2. The number of hydrogen-bond donors (Lipinski definition) is 0. The number of methoxy groups -OCH3 is 2. The third kappa shape index (κ3) is 4.11. The maximum absolute atomic E-state index is 13.1. The highest BCUT2D eigenvalue weighted by Crippen LogP contribution is 2.36. The first-order chi connectivity index (χ1) is 13.6. The highest BCUT2D eigenvalue weighted by Gasteiger charge is 2.38. The lowest BCUT2D eigenvalue weighted by atomic mass is 10.1. The number of ether oxygens (including phenoxy) is 2. The second kappa shape index (κ2) is 8.78. The summed E-state index contributed by atoms with van der Waals surface area (Å²) < 4.78 is 10.6. The number of anilines is 1. The summed E-state index contributed by atoms with van der Waals surface area (Å²) in [6.07, 6.45) is 0.208. The van der Waals surface area contributed by atoms with Crippen LogP contribution in [0.4, 0.5) is 5.69 Å². The molecule has 0 bridgehead atoms. The van der Waals surface area contributed by atoms with Gasteiger partial charge in [-0.15, -0.1) is 0 Å². The van der Waals surface area contributed by atoms with Crippen LogP contribution in [0.25, 0.3) is 0 Å². The minimum atomic E-state index is -0.358. The van der Waals surface area contributed by atoms with Crippen molar-refractivity contribution in [3.05, 3.63) is 54.1 Å². The fourth-order valence-corrected chi connectivity index (χ4v) is 3.52. The van der Waals surface area contributed by atoms with Crippen LogP contribution in [-0.2, 0) is 16.1 Å². The summed E-state index contributed by atoms with van der Waals surface area (Å²) in [5, 5.41) is 0. The molecule has 6 nitrogen and oxygen atoms in total. The maximum atomic E-state index is 13.1. The molecule has 6 heteroatoms. The summed E-state index contributed by atoms with van der Waals surface area (Å²) in [5.41, 5.74) is 1.74. The molecule has 3 rings (SSSR count). The molecule has 0 unspecified atom stereocenters. The largest absolute Gasteiger partial charge is 0.497 e. The minimum absolute atomic E-state index is 0.00896. The predicted octanol–water partition coefficient (Wildman–Crippen LogP) is 3.11. The Hall–Kier alpha value is -3.02. The van der Waals surface area contributed by atoms with Gasteiger partial charge in [0.2, 0.25) is 11.8 Å². The Bertz CT molecular complexity index is 838. The molecule has 28 heavy (non-hydrogen) atoms. The van der Waals surface area contributed by atoms with Crippen molar-refractivity contribution in [1.82, 2.24) is 4.90 Å². The molecule has 0 saturated carbocycles. The van der Waals surface area contributed by atoms with Crippen LogP contribution >= 0.6 is 0 Å². The van der Waals surface area contributed by atoms with E-state index in [9.17, 15) is 9.59 Å². The van der Waals surface area contributed by atoms with E-state index in [1.165, 1.54) is 0 Å². The molecule has 1 aliphatic heterocycles. The maximum Gasteiger partial charge on any atom is 0.228 e. The van der Waals surface area contributed by atoms with Crippen molar-refractivity contribution in [3.8, 4) is 11.5 Å². The van der Waals surface area contributed by atoms with Gasteiger partial charge in [-0.05, 0) is 24.6 Å². The molecule has 1 aliphatic rings. The van der Waals surface area contributed by atoms with Crippen molar-refractivity contribution in [2.75, 3.05) is 32.2 Å². The standard InChI is InChI=1S/C22H26N2O4/c1-4-23(14-16-8-6-5-7-9-16)22(26)17-12-21(25)24(15-17)19-11-10-18(27-2)13-20(19)28-3/h5-11,13,17H,4,12,14-15H2,1-3H3/t17-/m0/s1. The molecule has 0 N–H and O–H groups in total. The number of hydrogen-bond acceptors (Lipinski definition) is 4. The summed E-state index contributed by atoms with van der Waals surface area (Å²) in [6, 6.07) is 15.2. The van der Waals surface area contributed by atoms with E-state index in [1.54, 1.807) is 37.3 Å². The van der Waals surface area contributed by atoms with E-state index in [4.69, 9.17) is 9.47 Å². The molecular weight excluding hydrogens is 356 g/mol. The van der Waals surface area contributed by atoms with Gasteiger partial charge < -0.3 is 19.3 Å². The molecule has 1 fully saturated rings. The molecule has 2 aromatic rings. The van der Waals surface area contributed by atoms with Crippen LogP contribution in [0.2, 0.25) is 0 Å². The number of carbonyl (C=O) groups excluding carboxylic acids is 2. The summed E-state index contributed by atoms with van der Waals surface area (Å²) in [4.78, 5) is 29.1. The number of rotatable bonds is 7. The lowest BCUT2D eigenvalue weighted by Gasteiger charge is -2.25. The van der Waals surface area contributed by atoms with Crippen molar-refractivity contribution >= 4 is 17.5 Å². The van der Waals surface area contributed by atoms with Crippen LogP contribution in [0.15, 0.2) is 48.5 Å². The summed E-state index contributed by atoms with van der Waals surface area (Å²) in [5.74, 6) is 0.785. The SMILES string of the molecule is CCN(Cc1ccccc1)C(=O)[C@H]1CC(=O)N(c2ccc(OC)cc2OC)C1. The molecule has 2 amide bonds. The Morgan fingerprint density at radius 3 is 2.54 bits per heavy atom. The van der Waals surface area contributed by atoms with Gasteiger partial charge in [0.05, 0.1) is 25.8 Å². The highest BCUT2D eigenvalue weighted by molar-refractivity contribution is 6.01. The Labute approximate surface area is 165 Å². The monoisotopic (exact) mass is 382 g/mol. The topological polar surface area (TPSA) is 59.1 Å². The van der Waals surface area contributed by atoms with Crippen molar-refractivity contribution in [2.24, 2.45) is 5.92 Å². The highest BCUT2D eigenvalue weighted by atomic mass is 16.5. The van der Waals surface area contributed by atoms with Gasteiger partial charge in [-0.25, -0.2) is 0 Å². The van der Waals surface area contributed by atoms with Gasteiger partial charge in [-0.3, -0.25) is 9.59 Å². The molecule has 1 heterocycles. The van der Waals surface area contributed by atoms with E-state index < -0.39 is 0 Å². The molecule has 1 atom stereocenters. The number of carbonyl (C=O) groups is 2. The zero-order chi connectivity index (χ0) is 20.1. The van der Waals surface area contributed by atoms with Crippen molar-refractivity contribution < 1.29 is 19.1 Å². The minimum Gasteiger partial charge on any atom is -0.497 e. The summed E-state index contributed by atoms with van der Waals surface area (Å²) in [6.45, 7) is 3.46. The van der Waals surface area contributed by atoms with E-state index in [1.807, 2.05) is 42.2 Å². The van der Waals surface area contributed by atoms with Crippen LogP contribution in [0.5, 0.6) is 11.5 Å². The molecule has 148 valence electrons. The van der Waals surface area contributed by atoms with Gasteiger partial charge in [0.25, 0.3) is 0 Å². The Morgan fingerprint density at radius 2 is 1.89 bits per heavy atom. The average Bonchev–Trinajstić information content (AvgIpc) is 3.13. The van der Waals surface area contributed by atoms with Gasteiger partial charge in [-0.2, -0.15) is 0 Å². The lowest BCUT2D eigenvalue weighted by molar-refractivity contribution is -0.136. The smallest absolute Gasteiger partial charge is 0.228 e. The van der Waals surface area contributed by atoms with E-state index in [2.05, 4.69) is 0 Å².